The van der Waals surface area contributed by atoms with Crippen molar-refractivity contribution >= 4 is 11.8 Å². The highest BCUT2D eigenvalue weighted by molar-refractivity contribution is 5.93. The highest BCUT2D eigenvalue weighted by atomic mass is 16.2. The lowest BCUT2D eigenvalue weighted by atomic mass is 10.1. The first-order valence-electron chi connectivity index (χ1n) is 6.94. The number of amides is 2. The number of hydrogen-bond donors (Lipinski definition) is 2. The van der Waals surface area contributed by atoms with Crippen LogP contribution in [0, 0.1) is 0 Å². The highest BCUT2D eigenvalue weighted by Gasteiger charge is 2.23. The van der Waals surface area contributed by atoms with Crippen LogP contribution in [-0.2, 0) is 11.3 Å². The van der Waals surface area contributed by atoms with Gasteiger partial charge in [-0.3, -0.25) is 14.5 Å². The molecule has 0 unspecified atom stereocenters. The highest BCUT2D eigenvalue weighted by Crippen LogP contribution is 2.12. The normalized spacial score (nSPS) is 20.1. The lowest BCUT2D eigenvalue weighted by Gasteiger charge is -2.25. The molecule has 0 radical (unpaired) electrons. The van der Waals surface area contributed by atoms with Gasteiger partial charge < -0.3 is 10.6 Å². The Morgan fingerprint density at radius 2 is 2.10 bits per heavy atom. The number of nitrogens with one attached hydrogen (secondary N) is 2. The third-order valence-electron chi connectivity index (χ3n) is 3.68. The summed E-state index contributed by atoms with van der Waals surface area (Å²) in [4.78, 5) is 25.4. The zero-order valence-electron chi connectivity index (χ0n) is 12.0. The first-order valence-corrected chi connectivity index (χ1v) is 6.94. The summed E-state index contributed by atoms with van der Waals surface area (Å²) >= 11 is 0. The van der Waals surface area contributed by atoms with E-state index in [1.54, 1.807) is 7.05 Å². The Morgan fingerprint density at radius 1 is 1.40 bits per heavy atom. The molecule has 1 fully saturated rings. The van der Waals surface area contributed by atoms with Crippen LogP contribution in [0.25, 0.3) is 0 Å². The summed E-state index contributed by atoms with van der Waals surface area (Å²) in [5.41, 5.74) is 1.76. The van der Waals surface area contributed by atoms with Gasteiger partial charge in [0, 0.05) is 32.2 Å². The van der Waals surface area contributed by atoms with Gasteiger partial charge in [-0.1, -0.05) is 12.1 Å². The maximum absolute atomic E-state index is 11.8. The predicted octanol–water partition coefficient (Wildman–Crippen LogP) is 0.757. The minimum absolute atomic E-state index is 0.0842. The smallest absolute Gasteiger partial charge is 0.251 e. The molecular formula is C15H21N3O2. The van der Waals surface area contributed by atoms with E-state index in [2.05, 4.69) is 15.5 Å². The van der Waals surface area contributed by atoms with Gasteiger partial charge in [0.25, 0.3) is 5.91 Å². The Balaban J connectivity index is 2.05. The molecule has 0 aromatic heterocycles. The average Bonchev–Trinajstić information content (AvgIpc) is 2.63. The summed E-state index contributed by atoms with van der Waals surface area (Å²) in [6, 6.07) is 7.41. The van der Waals surface area contributed by atoms with Gasteiger partial charge in [0.2, 0.25) is 5.91 Å². The predicted molar refractivity (Wildman–Crippen MR) is 77.3 cm³/mol. The molecule has 0 bridgehead atoms. The maximum Gasteiger partial charge on any atom is 0.251 e. The molecule has 1 aromatic carbocycles. The van der Waals surface area contributed by atoms with Crippen LogP contribution in [0.15, 0.2) is 24.3 Å². The topological polar surface area (TPSA) is 61.4 Å². The van der Waals surface area contributed by atoms with E-state index < -0.39 is 0 Å². The molecule has 1 aliphatic heterocycles. The van der Waals surface area contributed by atoms with E-state index in [0.29, 0.717) is 5.56 Å². The zero-order valence-corrected chi connectivity index (χ0v) is 12.0. The van der Waals surface area contributed by atoms with Gasteiger partial charge in [-0.15, -0.1) is 0 Å². The summed E-state index contributed by atoms with van der Waals surface area (Å²) < 4.78 is 0. The van der Waals surface area contributed by atoms with Crippen molar-refractivity contribution in [2.24, 2.45) is 0 Å². The lowest BCUT2D eigenvalue weighted by molar-refractivity contribution is -0.125. The molecule has 1 atom stereocenters. The van der Waals surface area contributed by atoms with Crippen LogP contribution in [0.2, 0.25) is 0 Å². The largest absolute Gasteiger partial charge is 0.355 e. The molecule has 1 heterocycles. The van der Waals surface area contributed by atoms with E-state index in [4.69, 9.17) is 0 Å². The molecule has 1 aromatic rings. The van der Waals surface area contributed by atoms with E-state index in [9.17, 15) is 9.59 Å². The van der Waals surface area contributed by atoms with Gasteiger partial charge in [0.05, 0.1) is 6.04 Å². The summed E-state index contributed by atoms with van der Waals surface area (Å²) in [6.07, 6.45) is 0.965. The van der Waals surface area contributed by atoms with Crippen LogP contribution in [-0.4, -0.2) is 42.9 Å². The van der Waals surface area contributed by atoms with E-state index in [0.717, 1.165) is 31.6 Å². The monoisotopic (exact) mass is 275 g/mol. The van der Waals surface area contributed by atoms with Crippen LogP contribution in [0.4, 0.5) is 0 Å². The zero-order chi connectivity index (χ0) is 14.5. The van der Waals surface area contributed by atoms with Crippen molar-refractivity contribution in [1.82, 2.24) is 15.5 Å². The van der Waals surface area contributed by atoms with Crippen molar-refractivity contribution in [3.05, 3.63) is 35.4 Å². The third kappa shape index (κ3) is 3.36. The Morgan fingerprint density at radius 3 is 2.75 bits per heavy atom. The number of rotatable bonds is 3. The van der Waals surface area contributed by atoms with E-state index in [1.807, 2.05) is 31.2 Å². The number of carbonyl (C=O) groups excluding carboxylic acids is 2. The molecule has 5 nitrogen and oxygen atoms in total. The van der Waals surface area contributed by atoms with Crippen LogP contribution >= 0.6 is 0 Å². The van der Waals surface area contributed by atoms with Gasteiger partial charge >= 0.3 is 0 Å². The Labute approximate surface area is 119 Å². The van der Waals surface area contributed by atoms with Crippen molar-refractivity contribution in [2.75, 3.05) is 20.1 Å². The first kappa shape index (κ1) is 14.5. The molecule has 0 saturated carbocycles. The van der Waals surface area contributed by atoms with Gasteiger partial charge in [0.15, 0.2) is 0 Å². The fraction of sp³-hybridized carbons (Fsp3) is 0.467. The lowest BCUT2D eigenvalue weighted by Crippen LogP contribution is -2.41. The molecule has 0 spiro atoms. The number of nitrogens with zero attached hydrogens (tertiary/aromatic N) is 1. The fourth-order valence-electron chi connectivity index (χ4n) is 2.36. The average molecular weight is 275 g/mol. The molecule has 1 aliphatic rings. The molecule has 1 saturated heterocycles. The number of hydrogen-bond acceptors (Lipinski definition) is 3. The van der Waals surface area contributed by atoms with E-state index in [-0.39, 0.29) is 17.9 Å². The summed E-state index contributed by atoms with van der Waals surface area (Å²) in [7, 11) is 1.62. The van der Waals surface area contributed by atoms with Crippen molar-refractivity contribution in [3.8, 4) is 0 Å². The molecular weight excluding hydrogens is 254 g/mol. The Kier molecular flexibility index (Phi) is 4.74. The third-order valence-corrected chi connectivity index (χ3v) is 3.68. The molecule has 20 heavy (non-hydrogen) atoms. The van der Waals surface area contributed by atoms with E-state index >= 15 is 0 Å². The minimum atomic E-state index is -0.115. The quantitative estimate of drug-likeness (QED) is 0.856. The molecule has 2 amide bonds. The molecule has 108 valence electrons. The molecule has 0 aliphatic carbocycles. The van der Waals surface area contributed by atoms with Gasteiger partial charge in [-0.25, -0.2) is 0 Å². The van der Waals surface area contributed by atoms with Crippen LogP contribution < -0.4 is 10.6 Å². The number of carbonyl (C=O) groups is 2. The molecule has 2 N–H and O–H groups in total. The van der Waals surface area contributed by atoms with Crippen molar-refractivity contribution in [3.63, 3.8) is 0 Å². The summed E-state index contributed by atoms with van der Waals surface area (Å²) in [5, 5.41) is 5.51. The van der Waals surface area contributed by atoms with Gasteiger partial charge in [-0.05, 0) is 31.0 Å². The van der Waals surface area contributed by atoms with Crippen molar-refractivity contribution < 1.29 is 9.59 Å². The van der Waals surface area contributed by atoms with Gasteiger partial charge in [0.1, 0.15) is 0 Å². The SMILES string of the molecule is CNC(=O)c1ccc(CN2CCCNC(=O)[C@@H]2C)cc1. The standard InChI is InChI=1S/C15H21N3O2/c1-11-14(19)17-8-3-9-18(11)10-12-4-6-13(7-5-12)15(20)16-2/h4-7,11H,3,8-10H2,1-2H3,(H,16,20)(H,17,19)/t11-/m0/s1. The second-order valence-corrected chi connectivity index (χ2v) is 5.07. The fourth-order valence-corrected chi connectivity index (χ4v) is 2.36. The summed E-state index contributed by atoms with van der Waals surface area (Å²) in [6.45, 7) is 4.30. The second kappa shape index (κ2) is 6.52. The maximum atomic E-state index is 11.8. The second-order valence-electron chi connectivity index (χ2n) is 5.07. The Hall–Kier alpha value is -1.88. The number of benzene rings is 1. The summed E-state index contributed by atoms with van der Waals surface area (Å²) in [5.74, 6) is 0.00329. The van der Waals surface area contributed by atoms with Crippen LogP contribution in [0.1, 0.15) is 29.3 Å². The first-order chi connectivity index (χ1) is 9.61. The van der Waals surface area contributed by atoms with Crippen LogP contribution in [0.5, 0.6) is 0 Å². The van der Waals surface area contributed by atoms with Gasteiger partial charge in [-0.2, -0.15) is 0 Å². The Bertz CT molecular complexity index is 484. The molecule has 5 heteroatoms. The minimum Gasteiger partial charge on any atom is -0.355 e. The van der Waals surface area contributed by atoms with Crippen molar-refractivity contribution in [2.45, 2.75) is 25.9 Å². The van der Waals surface area contributed by atoms with Crippen LogP contribution in [0.3, 0.4) is 0 Å². The van der Waals surface area contributed by atoms with Crippen molar-refractivity contribution in [1.29, 1.82) is 0 Å². The molecule has 2 rings (SSSR count). The van der Waals surface area contributed by atoms with E-state index in [1.165, 1.54) is 0 Å².